The zero-order valence-corrected chi connectivity index (χ0v) is 12.8. The molecule has 1 aliphatic carbocycles. The number of hydrogen-bond donors (Lipinski definition) is 3. The molecule has 17 heavy (non-hydrogen) atoms. The van der Waals surface area contributed by atoms with Crippen molar-refractivity contribution in [3.8, 4) is 0 Å². The zero-order chi connectivity index (χ0) is 12.5. The number of hydrogen-bond acceptors (Lipinski definition) is 4. The Balaban J connectivity index is 2.44. The van der Waals surface area contributed by atoms with Crippen molar-refractivity contribution < 1.29 is 25.9 Å². The molecule has 1 rings (SSSR count). The summed E-state index contributed by atoms with van der Waals surface area (Å²) in [6, 6.07) is 0. The average molecular weight is 354 g/mol. The van der Waals surface area contributed by atoms with Gasteiger partial charge in [-0.15, -0.1) is 0 Å². The second-order valence-corrected chi connectivity index (χ2v) is 7.69. The van der Waals surface area contributed by atoms with Crippen LogP contribution in [0.25, 0.3) is 0 Å². The fraction of sp³-hybridized carbons (Fsp3) is 0.833. The number of allylic oxidation sites excluding steroid dienone is 1. The van der Waals surface area contributed by atoms with E-state index < -0.39 is 0 Å². The Hall–Kier alpha value is 0.150. The van der Waals surface area contributed by atoms with Gasteiger partial charge in [0.1, 0.15) is 0 Å². The Kier molecular flexibility index (Phi) is 8.17. The molecule has 4 nitrogen and oxygen atoms in total. The average Bonchev–Trinajstić information content (AvgIpc) is 2.31. The van der Waals surface area contributed by atoms with E-state index in [1.165, 1.54) is 27.3 Å². The van der Waals surface area contributed by atoms with Gasteiger partial charge in [0.2, 0.25) is 0 Å². The number of halogens is 1. The number of ether oxygens (including phenoxy) is 1. The van der Waals surface area contributed by atoms with Crippen molar-refractivity contribution in [3.05, 3.63) is 11.8 Å². The summed E-state index contributed by atoms with van der Waals surface area (Å²) < 4.78 is 7.95. The Bertz CT molecular complexity index is 228. The molecule has 0 spiro atoms. The summed E-state index contributed by atoms with van der Waals surface area (Å²) in [5.41, 5.74) is 12.3. The molecule has 2 unspecified atom stereocenters. The van der Waals surface area contributed by atoms with Gasteiger partial charge in [0, 0.05) is 0 Å². The van der Waals surface area contributed by atoms with Gasteiger partial charge in [-0.2, -0.15) is 0 Å². The maximum absolute atomic E-state index is 5.52. The molecule has 0 heterocycles. The van der Waals surface area contributed by atoms with Crippen LogP contribution >= 0.6 is 0 Å². The van der Waals surface area contributed by atoms with Crippen LogP contribution in [0.4, 0.5) is 0 Å². The molecule has 0 bridgehead atoms. The van der Waals surface area contributed by atoms with Crippen molar-refractivity contribution >= 4 is 0 Å². The Morgan fingerprint density at radius 2 is 2.41 bits per heavy atom. The molecule has 1 saturated carbocycles. The third-order valence-electron chi connectivity index (χ3n) is 3.17. The van der Waals surface area contributed by atoms with Gasteiger partial charge in [-0.25, -0.2) is 0 Å². The fourth-order valence-corrected chi connectivity index (χ4v) is 4.49. The topological polar surface area (TPSA) is 73.3 Å². The summed E-state index contributed by atoms with van der Waals surface area (Å²) in [4.78, 5) is 0. The molecule has 2 atom stereocenters. The van der Waals surface area contributed by atoms with E-state index in [1.54, 1.807) is 0 Å². The molecule has 0 aromatic rings. The third-order valence-corrected chi connectivity index (χ3v) is 6.00. The van der Waals surface area contributed by atoms with Crippen molar-refractivity contribution in [1.82, 2.24) is 5.32 Å². The fourth-order valence-electron chi connectivity index (χ4n) is 2.14. The first-order chi connectivity index (χ1) is 8.33. The third kappa shape index (κ3) is 5.11. The second kappa shape index (κ2) is 9.13. The van der Waals surface area contributed by atoms with Gasteiger partial charge in [-0.05, 0) is 0 Å². The van der Waals surface area contributed by atoms with Crippen LogP contribution in [-0.4, -0.2) is 28.8 Å². The number of rotatable bonds is 9. The van der Waals surface area contributed by atoms with Crippen LogP contribution < -0.4 is 38.0 Å². The van der Waals surface area contributed by atoms with Gasteiger partial charge in [0.15, 0.2) is 0 Å². The molecule has 1 aliphatic rings. The molecule has 0 saturated heterocycles. The summed E-state index contributed by atoms with van der Waals surface area (Å²) in [6.45, 7) is 4.19. The van der Waals surface area contributed by atoms with Gasteiger partial charge < -0.3 is 0 Å². The van der Waals surface area contributed by atoms with Crippen molar-refractivity contribution in [2.24, 2.45) is 23.3 Å². The molecule has 0 radical (unpaired) electrons. The molecule has 5 heteroatoms. The quantitative estimate of drug-likeness (QED) is 0.184. The van der Waals surface area contributed by atoms with E-state index in [4.69, 9.17) is 16.2 Å². The predicted octanol–water partition coefficient (Wildman–Crippen LogP) is -2.56. The summed E-state index contributed by atoms with van der Waals surface area (Å²) in [7, 11) is 0. The first kappa shape index (κ1) is 15.2. The molecule has 0 aliphatic heterocycles. The van der Waals surface area contributed by atoms with Crippen LogP contribution in [0.15, 0.2) is 11.8 Å². The van der Waals surface area contributed by atoms with Gasteiger partial charge in [-0.1, -0.05) is 0 Å². The molecule has 5 N–H and O–H groups in total. The standard InChI is InChI=1S/C12H25IN3O/c1-2-13-5-11(6-16-8-14)12-4-3-10(12)7-17-9-15/h7,11-12,16H,2-6,8-9,14-15H2,1H3/q-1. The minimum atomic E-state index is 0.282. The molecule has 0 aromatic heterocycles. The maximum atomic E-state index is 5.52. The van der Waals surface area contributed by atoms with Crippen LogP contribution in [0, 0.1) is 11.8 Å². The molecular weight excluding hydrogens is 329 g/mol. The molecule has 1 fully saturated rings. The number of nitrogens with two attached hydrogens (primary N) is 2. The van der Waals surface area contributed by atoms with E-state index in [0.717, 1.165) is 12.5 Å². The minimum absolute atomic E-state index is 0.282. The van der Waals surface area contributed by atoms with Crippen LogP contribution in [0.3, 0.4) is 0 Å². The van der Waals surface area contributed by atoms with E-state index in [-0.39, 0.29) is 6.73 Å². The van der Waals surface area contributed by atoms with Crippen molar-refractivity contribution in [2.45, 2.75) is 19.8 Å². The van der Waals surface area contributed by atoms with E-state index in [0.29, 0.717) is 33.8 Å². The second-order valence-electron chi connectivity index (χ2n) is 4.20. The molecule has 102 valence electrons. The summed E-state index contributed by atoms with van der Waals surface area (Å²) >= 11 is 0.358. The van der Waals surface area contributed by atoms with E-state index >= 15 is 0 Å². The Morgan fingerprint density at radius 1 is 1.59 bits per heavy atom. The van der Waals surface area contributed by atoms with Gasteiger partial charge >= 0.3 is 115 Å². The summed E-state index contributed by atoms with van der Waals surface area (Å²) in [5.74, 6) is 1.44. The molecule has 0 aromatic carbocycles. The molecule has 0 amide bonds. The first-order valence-corrected chi connectivity index (χ1v) is 9.33. The monoisotopic (exact) mass is 354 g/mol. The van der Waals surface area contributed by atoms with Gasteiger partial charge in [-0.3, -0.25) is 0 Å². The van der Waals surface area contributed by atoms with Gasteiger partial charge in [0.05, 0.1) is 0 Å². The summed E-state index contributed by atoms with van der Waals surface area (Å²) in [5, 5.41) is 3.29. The van der Waals surface area contributed by atoms with E-state index in [9.17, 15) is 0 Å². The Labute approximate surface area is 115 Å². The normalized spacial score (nSPS) is 23.7. The zero-order valence-electron chi connectivity index (χ0n) is 10.6. The Morgan fingerprint density at radius 3 is 2.94 bits per heavy atom. The van der Waals surface area contributed by atoms with Crippen molar-refractivity contribution in [2.75, 3.05) is 28.8 Å². The van der Waals surface area contributed by atoms with Crippen molar-refractivity contribution in [1.29, 1.82) is 0 Å². The van der Waals surface area contributed by atoms with E-state index in [2.05, 4.69) is 12.2 Å². The van der Waals surface area contributed by atoms with E-state index in [1.807, 2.05) is 6.26 Å². The van der Waals surface area contributed by atoms with Crippen molar-refractivity contribution in [3.63, 3.8) is 0 Å². The van der Waals surface area contributed by atoms with Crippen LogP contribution in [-0.2, 0) is 4.74 Å². The van der Waals surface area contributed by atoms with Crippen LogP contribution in [0.2, 0.25) is 0 Å². The molecular formula is C12H25IN3O-. The van der Waals surface area contributed by atoms with Crippen LogP contribution in [0.5, 0.6) is 0 Å². The summed E-state index contributed by atoms with van der Waals surface area (Å²) in [6.07, 6.45) is 4.35. The van der Waals surface area contributed by atoms with Gasteiger partial charge in [0.25, 0.3) is 0 Å². The predicted molar refractivity (Wildman–Crippen MR) is 66.9 cm³/mol. The number of alkyl halides is 2. The first-order valence-electron chi connectivity index (χ1n) is 6.28. The number of nitrogens with one attached hydrogen (secondary N) is 1. The SMILES string of the molecule is CC[I-]CC(CNCN)C1CCC1=COCN. The van der Waals surface area contributed by atoms with Crippen LogP contribution in [0.1, 0.15) is 19.8 Å².